The van der Waals surface area contributed by atoms with Crippen LogP contribution in [0.4, 0.5) is 5.69 Å². The number of nitrogens with one attached hydrogen (secondary N) is 1. The van der Waals surface area contributed by atoms with Crippen molar-refractivity contribution in [1.29, 1.82) is 0 Å². The summed E-state index contributed by atoms with van der Waals surface area (Å²) in [6.45, 7) is 1.88. The molecule has 0 saturated heterocycles. The molecule has 0 bridgehead atoms. The SMILES string of the molecule is Cc1ccc(-c2nc3ccccc3s2)cc1NC(=O)c1cc(C(=O)O)ccc1Cl. The minimum Gasteiger partial charge on any atom is -0.478 e. The second-order valence-corrected chi connectivity index (χ2v) is 7.91. The molecule has 0 spiro atoms. The lowest BCUT2D eigenvalue weighted by Crippen LogP contribution is -2.14. The Morgan fingerprint density at radius 3 is 2.62 bits per heavy atom. The molecule has 1 heterocycles. The van der Waals surface area contributed by atoms with Crippen LogP contribution < -0.4 is 5.32 Å². The van der Waals surface area contributed by atoms with E-state index in [2.05, 4.69) is 10.3 Å². The number of thiazole rings is 1. The summed E-state index contributed by atoms with van der Waals surface area (Å²) in [6.07, 6.45) is 0. The fraction of sp³-hybridized carbons (Fsp3) is 0.0455. The number of hydrogen-bond donors (Lipinski definition) is 2. The summed E-state index contributed by atoms with van der Waals surface area (Å²) in [7, 11) is 0. The molecular weight excluding hydrogens is 408 g/mol. The van der Waals surface area contributed by atoms with Gasteiger partial charge in [-0.05, 0) is 48.9 Å². The number of fused-ring (bicyclic) bond motifs is 1. The van der Waals surface area contributed by atoms with Gasteiger partial charge in [-0.15, -0.1) is 11.3 Å². The number of carboxylic acids is 1. The summed E-state index contributed by atoms with van der Waals surface area (Å²) in [4.78, 5) is 28.6. The van der Waals surface area contributed by atoms with Crippen molar-refractivity contribution in [2.24, 2.45) is 0 Å². The molecule has 2 N–H and O–H groups in total. The third-order valence-electron chi connectivity index (χ3n) is 4.48. The monoisotopic (exact) mass is 422 g/mol. The highest BCUT2D eigenvalue weighted by Gasteiger charge is 2.16. The highest BCUT2D eigenvalue weighted by molar-refractivity contribution is 7.21. The first kappa shape index (κ1) is 19.1. The molecule has 0 radical (unpaired) electrons. The third kappa shape index (κ3) is 3.85. The molecule has 0 aliphatic rings. The zero-order valence-corrected chi connectivity index (χ0v) is 16.8. The van der Waals surface area contributed by atoms with E-state index in [0.717, 1.165) is 26.4 Å². The van der Waals surface area contributed by atoms with Crippen molar-refractivity contribution in [2.45, 2.75) is 6.92 Å². The predicted molar refractivity (Wildman–Crippen MR) is 116 cm³/mol. The maximum Gasteiger partial charge on any atom is 0.335 e. The topological polar surface area (TPSA) is 79.3 Å². The first-order chi connectivity index (χ1) is 13.9. The van der Waals surface area contributed by atoms with Gasteiger partial charge in [-0.1, -0.05) is 35.9 Å². The van der Waals surface area contributed by atoms with Crippen molar-refractivity contribution >= 4 is 50.7 Å². The second-order valence-electron chi connectivity index (χ2n) is 6.47. The van der Waals surface area contributed by atoms with Crippen LogP contribution in [0.25, 0.3) is 20.8 Å². The van der Waals surface area contributed by atoms with Crippen molar-refractivity contribution < 1.29 is 14.7 Å². The number of aromatic carboxylic acids is 1. The Kier molecular flexibility index (Phi) is 5.05. The number of aryl methyl sites for hydroxylation is 1. The van der Waals surface area contributed by atoms with Gasteiger partial charge in [0.25, 0.3) is 5.91 Å². The predicted octanol–water partition coefficient (Wildman–Crippen LogP) is 5.88. The lowest BCUT2D eigenvalue weighted by atomic mass is 10.1. The van der Waals surface area contributed by atoms with E-state index < -0.39 is 11.9 Å². The number of carbonyl (C=O) groups excluding carboxylic acids is 1. The number of carbonyl (C=O) groups is 2. The molecule has 0 fully saturated rings. The molecule has 7 heteroatoms. The van der Waals surface area contributed by atoms with E-state index >= 15 is 0 Å². The van der Waals surface area contributed by atoms with Gasteiger partial charge in [0, 0.05) is 11.3 Å². The molecule has 144 valence electrons. The Morgan fingerprint density at radius 2 is 1.86 bits per heavy atom. The lowest BCUT2D eigenvalue weighted by Gasteiger charge is -2.11. The van der Waals surface area contributed by atoms with Crippen LogP contribution in [0.2, 0.25) is 5.02 Å². The van der Waals surface area contributed by atoms with Crippen LogP contribution in [0.1, 0.15) is 26.3 Å². The molecule has 1 aromatic heterocycles. The van der Waals surface area contributed by atoms with E-state index in [4.69, 9.17) is 16.7 Å². The third-order valence-corrected chi connectivity index (χ3v) is 5.90. The summed E-state index contributed by atoms with van der Waals surface area (Å²) in [5.41, 5.74) is 3.40. The van der Waals surface area contributed by atoms with Gasteiger partial charge in [-0.2, -0.15) is 0 Å². The van der Waals surface area contributed by atoms with Gasteiger partial charge in [0.1, 0.15) is 5.01 Å². The van der Waals surface area contributed by atoms with Gasteiger partial charge in [0.2, 0.25) is 0 Å². The van der Waals surface area contributed by atoms with Crippen LogP contribution in [0.5, 0.6) is 0 Å². The second kappa shape index (κ2) is 7.66. The molecular formula is C22H15ClN2O3S. The van der Waals surface area contributed by atoms with Crippen LogP contribution in [-0.2, 0) is 0 Å². The lowest BCUT2D eigenvalue weighted by molar-refractivity contribution is 0.0697. The highest BCUT2D eigenvalue weighted by Crippen LogP contribution is 2.32. The fourth-order valence-corrected chi connectivity index (χ4v) is 4.07. The maximum absolute atomic E-state index is 12.7. The van der Waals surface area contributed by atoms with E-state index in [1.807, 2.05) is 49.4 Å². The summed E-state index contributed by atoms with van der Waals surface area (Å²) in [6, 6.07) is 17.7. The summed E-state index contributed by atoms with van der Waals surface area (Å²) >= 11 is 7.69. The van der Waals surface area contributed by atoms with Gasteiger partial charge in [0.05, 0.1) is 26.4 Å². The zero-order chi connectivity index (χ0) is 20.5. The van der Waals surface area contributed by atoms with Crippen LogP contribution in [0.3, 0.4) is 0 Å². The minimum atomic E-state index is -1.12. The van der Waals surface area contributed by atoms with Crippen molar-refractivity contribution in [3.8, 4) is 10.6 Å². The summed E-state index contributed by atoms with van der Waals surface area (Å²) < 4.78 is 1.09. The molecule has 5 nitrogen and oxygen atoms in total. The van der Waals surface area contributed by atoms with Gasteiger partial charge in [-0.25, -0.2) is 9.78 Å². The number of halogens is 1. The molecule has 3 aromatic carbocycles. The van der Waals surface area contributed by atoms with Gasteiger partial charge in [-0.3, -0.25) is 4.79 Å². The number of nitrogens with zero attached hydrogens (tertiary/aromatic N) is 1. The Morgan fingerprint density at radius 1 is 1.07 bits per heavy atom. The molecule has 4 rings (SSSR count). The van der Waals surface area contributed by atoms with E-state index in [0.29, 0.717) is 5.69 Å². The van der Waals surface area contributed by atoms with Crippen LogP contribution in [-0.4, -0.2) is 22.0 Å². The Labute approximate surface area is 175 Å². The smallest absolute Gasteiger partial charge is 0.335 e. The van der Waals surface area contributed by atoms with Gasteiger partial charge >= 0.3 is 5.97 Å². The first-order valence-corrected chi connectivity index (χ1v) is 9.92. The first-order valence-electron chi connectivity index (χ1n) is 8.73. The summed E-state index contributed by atoms with van der Waals surface area (Å²) in [5, 5.41) is 13.0. The fourth-order valence-electron chi connectivity index (χ4n) is 2.91. The number of anilines is 1. The quantitative estimate of drug-likeness (QED) is 0.430. The molecule has 0 unspecified atom stereocenters. The van der Waals surface area contributed by atoms with E-state index in [1.165, 1.54) is 18.2 Å². The number of amides is 1. The average molecular weight is 423 g/mol. The van der Waals surface area contributed by atoms with Crippen LogP contribution in [0, 0.1) is 6.92 Å². The molecule has 4 aromatic rings. The minimum absolute atomic E-state index is 0.000465. The highest BCUT2D eigenvalue weighted by atomic mass is 35.5. The Bertz CT molecular complexity index is 1230. The molecule has 0 saturated carbocycles. The Balaban J connectivity index is 1.67. The van der Waals surface area contributed by atoms with E-state index in [-0.39, 0.29) is 16.1 Å². The number of para-hydroxylation sites is 1. The number of carboxylic acid groups (broad SMARTS) is 1. The number of rotatable bonds is 4. The number of hydrogen-bond acceptors (Lipinski definition) is 4. The maximum atomic E-state index is 12.7. The van der Waals surface area contributed by atoms with Crippen molar-refractivity contribution in [1.82, 2.24) is 4.98 Å². The van der Waals surface area contributed by atoms with Gasteiger partial charge in [0.15, 0.2) is 0 Å². The molecule has 0 aliphatic carbocycles. The molecule has 29 heavy (non-hydrogen) atoms. The number of aromatic nitrogens is 1. The average Bonchev–Trinajstić information content (AvgIpc) is 3.14. The Hall–Kier alpha value is -3.22. The largest absolute Gasteiger partial charge is 0.478 e. The molecule has 0 aliphatic heterocycles. The van der Waals surface area contributed by atoms with Crippen molar-refractivity contribution in [2.75, 3.05) is 5.32 Å². The van der Waals surface area contributed by atoms with Crippen molar-refractivity contribution in [3.63, 3.8) is 0 Å². The molecule has 0 atom stereocenters. The number of benzene rings is 3. The van der Waals surface area contributed by atoms with Crippen LogP contribution >= 0.6 is 22.9 Å². The van der Waals surface area contributed by atoms with Crippen molar-refractivity contribution in [3.05, 3.63) is 82.4 Å². The summed E-state index contributed by atoms with van der Waals surface area (Å²) in [5.74, 6) is -1.59. The molecule has 1 amide bonds. The van der Waals surface area contributed by atoms with Gasteiger partial charge < -0.3 is 10.4 Å². The van der Waals surface area contributed by atoms with E-state index in [9.17, 15) is 9.59 Å². The standard InChI is InChI=1S/C22H15ClN2O3S/c1-12-6-7-13(21-25-17-4-2-3-5-19(17)29-21)11-18(12)24-20(26)15-10-14(22(27)28)8-9-16(15)23/h2-11H,1H3,(H,24,26)(H,27,28). The normalized spacial score (nSPS) is 10.8. The zero-order valence-electron chi connectivity index (χ0n) is 15.3. The van der Waals surface area contributed by atoms with Crippen LogP contribution in [0.15, 0.2) is 60.7 Å². The van der Waals surface area contributed by atoms with E-state index in [1.54, 1.807) is 11.3 Å².